The summed E-state index contributed by atoms with van der Waals surface area (Å²) < 4.78 is 12.3. The van der Waals surface area contributed by atoms with Crippen molar-refractivity contribution in [3.63, 3.8) is 0 Å². The lowest BCUT2D eigenvalue weighted by atomic mass is 9.95. The van der Waals surface area contributed by atoms with Gasteiger partial charge in [0.1, 0.15) is 0 Å². The van der Waals surface area contributed by atoms with E-state index < -0.39 is 5.95 Å². The Kier molecular flexibility index (Phi) is 3.00. The van der Waals surface area contributed by atoms with Crippen molar-refractivity contribution in [2.45, 2.75) is 5.92 Å². The molecule has 4 heteroatoms. The molecule has 1 N–H and O–H groups in total. The van der Waals surface area contributed by atoms with Gasteiger partial charge in [0.2, 0.25) is 5.95 Å². The number of pyridine rings is 1. The fourth-order valence-electron chi connectivity index (χ4n) is 1.15. The summed E-state index contributed by atoms with van der Waals surface area (Å²) in [4.78, 5) is 3.59. The Morgan fingerprint density at radius 1 is 1.42 bits per heavy atom. The summed E-state index contributed by atoms with van der Waals surface area (Å²) in [6, 6.07) is 3.21. The highest BCUT2D eigenvalue weighted by molar-refractivity contribution is 5.85. The highest BCUT2D eigenvalue weighted by Gasteiger charge is 2.18. The van der Waals surface area contributed by atoms with Crippen LogP contribution in [0.15, 0.2) is 18.3 Å². The van der Waals surface area contributed by atoms with E-state index in [1.165, 1.54) is 6.07 Å². The Balaban J connectivity index is 0.000000720. The molecule has 0 unspecified atom stereocenters. The standard InChI is InChI=1S/C8H9FN2.ClH/c9-8-2-1-6(5-11-8)7-3-10-4-7;/h1-2,5,7,10H,3-4H2;1H. The van der Waals surface area contributed by atoms with Gasteiger partial charge in [-0.2, -0.15) is 4.39 Å². The summed E-state index contributed by atoms with van der Waals surface area (Å²) in [6.45, 7) is 1.99. The van der Waals surface area contributed by atoms with Gasteiger partial charge in [-0.25, -0.2) is 4.98 Å². The SMILES string of the molecule is Cl.Fc1ccc(C2CNC2)cn1. The molecule has 0 aromatic carbocycles. The summed E-state index contributed by atoms with van der Waals surface area (Å²) in [6.07, 6.45) is 1.61. The number of rotatable bonds is 1. The van der Waals surface area contributed by atoms with Gasteiger partial charge in [-0.15, -0.1) is 12.4 Å². The third-order valence-electron chi connectivity index (χ3n) is 2.00. The van der Waals surface area contributed by atoms with Gasteiger partial charge in [-0.3, -0.25) is 0 Å². The van der Waals surface area contributed by atoms with Gasteiger partial charge >= 0.3 is 0 Å². The zero-order valence-electron chi connectivity index (χ0n) is 6.46. The van der Waals surface area contributed by atoms with E-state index in [1.54, 1.807) is 12.3 Å². The zero-order valence-corrected chi connectivity index (χ0v) is 7.27. The quantitative estimate of drug-likeness (QED) is 0.673. The molecule has 2 rings (SSSR count). The molecule has 0 atom stereocenters. The highest BCUT2D eigenvalue weighted by atomic mass is 35.5. The number of nitrogens with zero attached hydrogens (tertiary/aromatic N) is 1. The van der Waals surface area contributed by atoms with E-state index in [1.807, 2.05) is 0 Å². The molecule has 0 radical (unpaired) electrons. The number of aromatic nitrogens is 1. The maximum absolute atomic E-state index is 12.3. The molecule has 1 aliphatic rings. The smallest absolute Gasteiger partial charge is 0.212 e. The monoisotopic (exact) mass is 188 g/mol. The molecule has 1 aromatic heterocycles. The minimum absolute atomic E-state index is 0. The van der Waals surface area contributed by atoms with Crippen LogP contribution in [0.5, 0.6) is 0 Å². The van der Waals surface area contributed by atoms with E-state index in [4.69, 9.17) is 0 Å². The van der Waals surface area contributed by atoms with E-state index in [0.717, 1.165) is 18.7 Å². The van der Waals surface area contributed by atoms with E-state index in [2.05, 4.69) is 10.3 Å². The van der Waals surface area contributed by atoms with E-state index in [-0.39, 0.29) is 12.4 Å². The Morgan fingerprint density at radius 2 is 2.17 bits per heavy atom. The van der Waals surface area contributed by atoms with Crippen LogP contribution in [0.4, 0.5) is 4.39 Å². The van der Waals surface area contributed by atoms with Crippen molar-refractivity contribution in [3.8, 4) is 0 Å². The summed E-state index contributed by atoms with van der Waals surface area (Å²) in [7, 11) is 0. The molecule has 0 aliphatic carbocycles. The Bertz CT molecular complexity index is 246. The molecule has 12 heavy (non-hydrogen) atoms. The predicted molar refractivity (Wildman–Crippen MR) is 47.1 cm³/mol. The second-order valence-corrected chi connectivity index (χ2v) is 2.77. The number of halogens is 2. The van der Waals surface area contributed by atoms with Crippen LogP contribution in [0, 0.1) is 5.95 Å². The fraction of sp³-hybridized carbons (Fsp3) is 0.375. The highest BCUT2D eigenvalue weighted by Crippen LogP contribution is 2.18. The van der Waals surface area contributed by atoms with Gasteiger partial charge in [0.05, 0.1) is 0 Å². The lowest BCUT2D eigenvalue weighted by molar-refractivity contribution is 0.445. The van der Waals surface area contributed by atoms with Crippen LogP contribution in [0.2, 0.25) is 0 Å². The van der Waals surface area contributed by atoms with Crippen molar-refractivity contribution in [3.05, 3.63) is 29.8 Å². The second kappa shape index (κ2) is 3.83. The van der Waals surface area contributed by atoms with Crippen molar-refractivity contribution in [1.82, 2.24) is 10.3 Å². The molecular formula is C8H10ClFN2. The first-order valence-corrected chi connectivity index (χ1v) is 3.68. The van der Waals surface area contributed by atoms with Crippen molar-refractivity contribution in [2.75, 3.05) is 13.1 Å². The van der Waals surface area contributed by atoms with E-state index >= 15 is 0 Å². The predicted octanol–water partition coefficient (Wildman–Crippen LogP) is 1.33. The zero-order chi connectivity index (χ0) is 7.68. The van der Waals surface area contributed by atoms with Gasteiger partial charge in [-0.05, 0) is 11.6 Å². The normalized spacial score (nSPS) is 16.4. The minimum atomic E-state index is -0.402. The number of hydrogen-bond acceptors (Lipinski definition) is 2. The van der Waals surface area contributed by atoms with E-state index in [9.17, 15) is 4.39 Å². The molecule has 1 fully saturated rings. The maximum atomic E-state index is 12.3. The van der Waals surface area contributed by atoms with Gasteiger partial charge in [0.15, 0.2) is 0 Å². The summed E-state index contributed by atoms with van der Waals surface area (Å²) >= 11 is 0. The van der Waals surface area contributed by atoms with Crippen LogP contribution in [-0.4, -0.2) is 18.1 Å². The fourth-order valence-corrected chi connectivity index (χ4v) is 1.15. The molecule has 0 saturated carbocycles. The number of hydrogen-bond donors (Lipinski definition) is 1. The molecule has 2 heterocycles. The molecule has 0 spiro atoms. The third-order valence-corrected chi connectivity index (χ3v) is 2.00. The topological polar surface area (TPSA) is 24.9 Å². The van der Waals surface area contributed by atoms with Gasteiger partial charge in [0.25, 0.3) is 0 Å². The van der Waals surface area contributed by atoms with E-state index in [0.29, 0.717) is 5.92 Å². The Hall–Kier alpha value is -0.670. The van der Waals surface area contributed by atoms with Crippen LogP contribution in [0.1, 0.15) is 11.5 Å². The molecule has 0 bridgehead atoms. The first kappa shape index (κ1) is 9.42. The van der Waals surface area contributed by atoms with Crippen molar-refractivity contribution in [2.24, 2.45) is 0 Å². The first-order valence-electron chi connectivity index (χ1n) is 3.68. The molecule has 1 aromatic rings. The molecule has 0 amide bonds. The third kappa shape index (κ3) is 1.73. The van der Waals surface area contributed by atoms with Gasteiger partial charge in [-0.1, -0.05) is 6.07 Å². The molecule has 2 nitrogen and oxygen atoms in total. The van der Waals surface area contributed by atoms with Crippen LogP contribution >= 0.6 is 12.4 Å². The molecule has 1 saturated heterocycles. The van der Waals surface area contributed by atoms with Crippen LogP contribution < -0.4 is 5.32 Å². The molecular weight excluding hydrogens is 179 g/mol. The Morgan fingerprint density at radius 3 is 2.58 bits per heavy atom. The summed E-state index contributed by atoms with van der Waals surface area (Å²) in [5, 5.41) is 3.15. The van der Waals surface area contributed by atoms with Crippen LogP contribution in [0.25, 0.3) is 0 Å². The largest absolute Gasteiger partial charge is 0.315 e. The Labute approximate surface area is 76.6 Å². The van der Waals surface area contributed by atoms with Crippen molar-refractivity contribution >= 4 is 12.4 Å². The summed E-state index contributed by atoms with van der Waals surface area (Å²) in [5.41, 5.74) is 1.13. The molecule has 66 valence electrons. The molecule has 1 aliphatic heterocycles. The van der Waals surface area contributed by atoms with Crippen LogP contribution in [-0.2, 0) is 0 Å². The van der Waals surface area contributed by atoms with Gasteiger partial charge < -0.3 is 5.32 Å². The maximum Gasteiger partial charge on any atom is 0.212 e. The second-order valence-electron chi connectivity index (χ2n) is 2.77. The first-order chi connectivity index (χ1) is 5.36. The van der Waals surface area contributed by atoms with Crippen molar-refractivity contribution < 1.29 is 4.39 Å². The number of nitrogens with one attached hydrogen (secondary N) is 1. The van der Waals surface area contributed by atoms with Gasteiger partial charge in [0, 0.05) is 25.2 Å². The minimum Gasteiger partial charge on any atom is -0.315 e. The van der Waals surface area contributed by atoms with Crippen LogP contribution in [0.3, 0.4) is 0 Å². The lowest BCUT2D eigenvalue weighted by Gasteiger charge is -2.26. The average molecular weight is 189 g/mol. The van der Waals surface area contributed by atoms with Crippen molar-refractivity contribution in [1.29, 1.82) is 0 Å². The average Bonchev–Trinajstić information content (AvgIpc) is 1.90. The summed E-state index contributed by atoms with van der Waals surface area (Å²) in [5.74, 6) is 0.143. The lowest BCUT2D eigenvalue weighted by Crippen LogP contribution is -2.39.